The van der Waals surface area contributed by atoms with E-state index in [2.05, 4.69) is 4.18 Å². The minimum absolute atomic E-state index is 0.00924. The van der Waals surface area contributed by atoms with Crippen LogP contribution < -0.4 is 4.18 Å². The van der Waals surface area contributed by atoms with Gasteiger partial charge in [0.25, 0.3) is 0 Å². The summed E-state index contributed by atoms with van der Waals surface area (Å²) in [5, 5.41) is -0.325. The molecule has 4 nitrogen and oxygen atoms in total. The van der Waals surface area contributed by atoms with E-state index in [0.29, 0.717) is 0 Å². The van der Waals surface area contributed by atoms with Crippen LogP contribution in [0.5, 0.6) is 5.75 Å². The lowest BCUT2D eigenvalue weighted by Crippen LogP contribution is -2.28. The molecule has 0 atom stereocenters. The molecule has 116 valence electrons. The van der Waals surface area contributed by atoms with Gasteiger partial charge in [-0.05, 0) is 24.3 Å². The first-order chi connectivity index (χ1) is 10.2. The highest BCUT2D eigenvalue weighted by molar-refractivity contribution is 7.88. The van der Waals surface area contributed by atoms with Gasteiger partial charge in [0.05, 0.1) is 10.8 Å². The Morgan fingerprint density at radius 1 is 0.955 bits per heavy atom. The molecule has 0 bridgehead atoms. The lowest BCUT2D eigenvalue weighted by molar-refractivity contribution is -0.0499. The number of benzene rings is 2. The second kappa shape index (κ2) is 4.60. The van der Waals surface area contributed by atoms with Crippen LogP contribution >= 0.6 is 0 Å². The van der Waals surface area contributed by atoms with E-state index in [0.717, 1.165) is 12.1 Å². The molecular weight excluding hydrogens is 328 g/mol. The number of fused-ring (bicyclic) bond motifs is 3. The molecule has 9 heteroatoms. The largest absolute Gasteiger partial charge is 0.534 e. The van der Waals surface area contributed by atoms with Crippen molar-refractivity contribution in [3.8, 4) is 5.75 Å². The molecule has 0 spiro atoms. The smallest absolute Gasteiger partial charge is 0.456 e. The molecule has 0 aliphatic rings. The Labute approximate surface area is 121 Å². The van der Waals surface area contributed by atoms with Gasteiger partial charge in [0.15, 0.2) is 5.75 Å². The van der Waals surface area contributed by atoms with Gasteiger partial charge in [0.1, 0.15) is 17.0 Å². The van der Waals surface area contributed by atoms with Crippen molar-refractivity contribution in [1.29, 1.82) is 0 Å². The van der Waals surface area contributed by atoms with Crippen LogP contribution in [-0.4, -0.2) is 13.9 Å². The second-order valence-electron chi connectivity index (χ2n) is 4.33. The van der Waals surface area contributed by atoms with Crippen LogP contribution in [0, 0.1) is 5.82 Å². The quantitative estimate of drug-likeness (QED) is 0.404. The summed E-state index contributed by atoms with van der Waals surface area (Å²) in [4.78, 5) is 0. The molecule has 0 aliphatic carbocycles. The lowest BCUT2D eigenvalue weighted by atomic mass is 10.1. The van der Waals surface area contributed by atoms with Crippen molar-refractivity contribution in [2.75, 3.05) is 0 Å². The van der Waals surface area contributed by atoms with Crippen molar-refractivity contribution in [1.82, 2.24) is 0 Å². The summed E-state index contributed by atoms with van der Waals surface area (Å²) in [5.74, 6) is -1.42. The molecule has 0 N–H and O–H groups in total. The summed E-state index contributed by atoms with van der Waals surface area (Å²) in [7, 11) is -5.87. The van der Waals surface area contributed by atoms with Gasteiger partial charge in [-0.15, -0.1) is 0 Å². The van der Waals surface area contributed by atoms with Crippen molar-refractivity contribution in [3.05, 3.63) is 42.2 Å². The first kappa shape index (κ1) is 14.6. The Bertz CT molecular complexity index is 973. The predicted octanol–water partition coefficient (Wildman–Crippen LogP) is 3.95. The molecule has 0 saturated carbocycles. The molecule has 0 radical (unpaired) electrons. The highest BCUT2D eigenvalue weighted by Crippen LogP contribution is 2.38. The van der Waals surface area contributed by atoms with E-state index in [9.17, 15) is 26.0 Å². The fraction of sp³-hybridized carbons (Fsp3) is 0.0769. The fourth-order valence-corrected chi connectivity index (χ4v) is 2.50. The Morgan fingerprint density at radius 3 is 2.18 bits per heavy atom. The van der Waals surface area contributed by atoms with Gasteiger partial charge in [-0.3, -0.25) is 0 Å². The molecule has 0 amide bonds. The number of hydrogen-bond acceptors (Lipinski definition) is 4. The van der Waals surface area contributed by atoms with Crippen LogP contribution in [0.4, 0.5) is 17.6 Å². The summed E-state index contributed by atoms with van der Waals surface area (Å²) < 4.78 is 82.9. The number of alkyl halides is 3. The van der Waals surface area contributed by atoms with Crippen molar-refractivity contribution in [3.63, 3.8) is 0 Å². The van der Waals surface area contributed by atoms with Crippen molar-refractivity contribution >= 4 is 32.1 Å². The third-order valence-electron chi connectivity index (χ3n) is 2.92. The highest BCUT2D eigenvalue weighted by atomic mass is 32.2. The number of furan rings is 1. The standard InChI is InChI=1S/C13H6F4O4S/c14-7-3-1-4-8-11(7)12-9(20-8)5-2-6-10(12)21-22(18,19)13(15,16)17/h1-6H. The van der Waals surface area contributed by atoms with Gasteiger partial charge in [-0.1, -0.05) is 12.1 Å². The molecule has 0 fully saturated rings. The van der Waals surface area contributed by atoms with Crippen molar-refractivity contribution in [2.45, 2.75) is 5.51 Å². The zero-order chi connectivity index (χ0) is 16.1. The van der Waals surface area contributed by atoms with E-state index in [4.69, 9.17) is 4.42 Å². The monoisotopic (exact) mass is 334 g/mol. The molecular formula is C13H6F4O4S. The van der Waals surface area contributed by atoms with Crippen LogP contribution in [0.1, 0.15) is 0 Å². The zero-order valence-electron chi connectivity index (χ0n) is 10.5. The Kier molecular flexibility index (Phi) is 3.06. The van der Waals surface area contributed by atoms with E-state index >= 15 is 0 Å². The molecule has 0 aliphatic heterocycles. The first-order valence-corrected chi connectivity index (χ1v) is 7.22. The van der Waals surface area contributed by atoms with Crippen LogP contribution in [0.2, 0.25) is 0 Å². The molecule has 3 aromatic rings. The van der Waals surface area contributed by atoms with Gasteiger partial charge in [-0.2, -0.15) is 21.6 Å². The van der Waals surface area contributed by atoms with Gasteiger partial charge in [0.2, 0.25) is 0 Å². The summed E-state index contributed by atoms with van der Waals surface area (Å²) in [5.41, 5.74) is -5.52. The Morgan fingerprint density at radius 2 is 1.55 bits per heavy atom. The summed E-state index contributed by atoms with van der Waals surface area (Å²) in [6, 6.07) is 7.43. The number of halogens is 4. The average molecular weight is 334 g/mol. The summed E-state index contributed by atoms with van der Waals surface area (Å²) in [6.45, 7) is 0. The minimum atomic E-state index is -5.87. The maximum Gasteiger partial charge on any atom is 0.534 e. The highest BCUT2D eigenvalue weighted by Gasteiger charge is 2.48. The maximum atomic E-state index is 13.9. The van der Waals surface area contributed by atoms with Gasteiger partial charge in [0, 0.05) is 0 Å². The molecule has 1 heterocycles. The van der Waals surface area contributed by atoms with Crippen LogP contribution in [0.25, 0.3) is 21.9 Å². The predicted molar refractivity (Wildman–Crippen MR) is 69.3 cm³/mol. The Balaban J connectivity index is 2.30. The third kappa shape index (κ3) is 2.17. The Hall–Kier alpha value is -2.29. The van der Waals surface area contributed by atoms with E-state index in [1.54, 1.807) is 0 Å². The molecule has 1 aromatic heterocycles. The molecule has 3 rings (SSSR count). The first-order valence-electron chi connectivity index (χ1n) is 5.81. The van der Waals surface area contributed by atoms with Crippen LogP contribution in [0.15, 0.2) is 40.8 Å². The normalized spacial score (nSPS) is 12.9. The van der Waals surface area contributed by atoms with Crippen molar-refractivity contribution in [2.24, 2.45) is 0 Å². The second-order valence-corrected chi connectivity index (χ2v) is 5.87. The number of hydrogen-bond donors (Lipinski definition) is 0. The average Bonchev–Trinajstić information content (AvgIpc) is 2.77. The topological polar surface area (TPSA) is 56.5 Å². The number of rotatable bonds is 2. The van der Waals surface area contributed by atoms with Crippen molar-refractivity contribution < 1.29 is 34.6 Å². The van der Waals surface area contributed by atoms with Crippen LogP contribution in [0.3, 0.4) is 0 Å². The van der Waals surface area contributed by atoms with Gasteiger partial charge in [-0.25, -0.2) is 4.39 Å². The van der Waals surface area contributed by atoms with Gasteiger partial charge >= 0.3 is 15.6 Å². The molecule has 22 heavy (non-hydrogen) atoms. The maximum absolute atomic E-state index is 13.9. The minimum Gasteiger partial charge on any atom is -0.456 e. The fourth-order valence-electron chi connectivity index (χ4n) is 2.03. The van der Waals surface area contributed by atoms with Gasteiger partial charge < -0.3 is 8.60 Å². The third-order valence-corrected chi connectivity index (χ3v) is 3.88. The SMILES string of the molecule is O=S(=O)(Oc1cccc2oc3cccc(F)c3c12)C(F)(F)F. The summed E-state index contributed by atoms with van der Waals surface area (Å²) >= 11 is 0. The summed E-state index contributed by atoms with van der Waals surface area (Å²) in [6.07, 6.45) is 0. The molecule has 0 unspecified atom stereocenters. The lowest BCUT2D eigenvalue weighted by Gasteiger charge is -2.10. The molecule has 0 saturated heterocycles. The van der Waals surface area contributed by atoms with E-state index in [-0.39, 0.29) is 21.9 Å². The molecule has 2 aromatic carbocycles. The van der Waals surface area contributed by atoms with Crippen LogP contribution in [-0.2, 0) is 10.1 Å². The zero-order valence-corrected chi connectivity index (χ0v) is 11.3. The van der Waals surface area contributed by atoms with E-state index in [1.807, 2.05) is 0 Å². The van der Waals surface area contributed by atoms with E-state index in [1.165, 1.54) is 24.3 Å². The van der Waals surface area contributed by atoms with E-state index < -0.39 is 27.2 Å².